The Balaban J connectivity index is 1.70. The van der Waals surface area contributed by atoms with Crippen LogP contribution in [0.25, 0.3) is 17.2 Å². The summed E-state index contributed by atoms with van der Waals surface area (Å²) in [4.78, 5) is 29.8. The first-order valence-electron chi connectivity index (χ1n) is 7.69. The van der Waals surface area contributed by atoms with Gasteiger partial charge in [-0.15, -0.1) is 0 Å². The lowest BCUT2D eigenvalue weighted by Crippen LogP contribution is -2.21. The average Bonchev–Trinajstić information content (AvgIpc) is 3.02. The van der Waals surface area contributed by atoms with Crippen molar-refractivity contribution < 1.29 is 14.0 Å². The Morgan fingerprint density at radius 3 is 2.68 bits per heavy atom. The van der Waals surface area contributed by atoms with Crippen molar-refractivity contribution >= 4 is 34.7 Å². The standard InChI is InChI=1S/C19H17N3O3/c1-22(2)19(24)13-6-5-7-14(12-13)20-17(23)10-11-18-21-15-8-3-4-9-16(15)25-18/h3-12H,1-2H3,(H,20,23)/b11-10+. The lowest BCUT2D eigenvalue weighted by Gasteiger charge is -2.11. The van der Waals surface area contributed by atoms with Crippen molar-refractivity contribution in [2.45, 2.75) is 0 Å². The second-order valence-electron chi connectivity index (χ2n) is 5.62. The number of amides is 2. The van der Waals surface area contributed by atoms with Crippen molar-refractivity contribution in [3.63, 3.8) is 0 Å². The summed E-state index contributed by atoms with van der Waals surface area (Å²) in [5, 5.41) is 2.71. The smallest absolute Gasteiger partial charge is 0.253 e. The van der Waals surface area contributed by atoms with Crippen LogP contribution in [0.1, 0.15) is 16.2 Å². The number of hydrogen-bond donors (Lipinski definition) is 1. The van der Waals surface area contributed by atoms with Crippen molar-refractivity contribution in [2.24, 2.45) is 0 Å². The van der Waals surface area contributed by atoms with Gasteiger partial charge in [-0.05, 0) is 30.3 Å². The quantitative estimate of drug-likeness (QED) is 0.743. The summed E-state index contributed by atoms with van der Waals surface area (Å²) in [6.07, 6.45) is 2.84. The highest BCUT2D eigenvalue weighted by Gasteiger charge is 2.09. The van der Waals surface area contributed by atoms with Crippen molar-refractivity contribution in [3.8, 4) is 0 Å². The summed E-state index contributed by atoms with van der Waals surface area (Å²) >= 11 is 0. The Morgan fingerprint density at radius 1 is 1.12 bits per heavy atom. The highest BCUT2D eigenvalue weighted by molar-refractivity contribution is 6.03. The van der Waals surface area contributed by atoms with E-state index in [1.807, 2.05) is 24.3 Å². The maximum Gasteiger partial charge on any atom is 0.253 e. The minimum Gasteiger partial charge on any atom is -0.437 e. The third-order valence-electron chi connectivity index (χ3n) is 3.47. The number of carbonyl (C=O) groups is 2. The Labute approximate surface area is 144 Å². The third-order valence-corrected chi connectivity index (χ3v) is 3.47. The Hall–Kier alpha value is -3.41. The number of fused-ring (bicyclic) bond motifs is 1. The first kappa shape index (κ1) is 16.4. The monoisotopic (exact) mass is 335 g/mol. The van der Waals surface area contributed by atoms with E-state index < -0.39 is 0 Å². The van der Waals surface area contributed by atoms with E-state index >= 15 is 0 Å². The first-order chi connectivity index (χ1) is 12.0. The fourth-order valence-electron chi connectivity index (χ4n) is 2.28. The zero-order valence-corrected chi connectivity index (χ0v) is 13.9. The number of carbonyl (C=O) groups excluding carboxylic acids is 2. The number of nitrogens with zero attached hydrogens (tertiary/aromatic N) is 2. The van der Waals surface area contributed by atoms with Crippen molar-refractivity contribution in [1.29, 1.82) is 0 Å². The second-order valence-corrected chi connectivity index (χ2v) is 5.62. The molecule has 6 heteroatoms. The van der Waals surface area contributed by atoms with Crippen LogP contribution in [0.4, 0.5) is 5.69 Å². The van der Waals surface area contributed by atoms with Gasteiger partial charge in [0, 0.05) is 37.5 Å². The van der Waals surface area contributed by atoms with Crippen LogP contribution in [-0.2, 0) is 4.79 Å². The van der Waals surface area contributed by atoms with E-state index in [2.05, 4.69) is 10.3 Å². The first-order valence-corrected chi connectivity index (χ1v) is 7.69. The van der Waals surface area contributed by atoms with Gasteiger partial charge in [-0.3, -0.25) is 9.59 Å². The lowest BCUT2D eigenvalue weighted by atomic mass is 10.2. The van der Waals surface area contributed by atoms with Gasteiger partial charge in [0.05, 0.1) is 0 Å². The number of anilines is 1. The molecule has 0 aliphatic heterocycles. The van der Waals surface area contributed by atoms with Crippen molar-refractivity contribution in [3.05, 3.63) is 66.1 Å². The summed E-state index contributed by atoms with van der Waals surface area (Å²) in [6.45, 7) is 0. The predicted octanol–water partition coefficient (Wildman–Crippen LogP) is 3.18. The Kier molecular flexibility index (Phi) is 4.61. The Morgan fingerprint density at radius 2 is 1.92 bits per heavy atom. The van der Waals surface area contributed by atoms with E-state index in [-0.39, 0.29) is 11.8 Å². The third kappa shape index (κ3) is 3.92. The number of para-hydroxylation sites is 2. The van der Waals surface area contributed by atoms with Crippen molar-refractivity contribution in [1.82, 2.24) is 9.88 Å². The molecule has 0 spiro atoms. The number of nitrogens with one attached hydrogen (secondary N) is 1. The molecule has 3 aromatic rings. The normalized spacial score (nSPS) is 11.0. The van der Waals surface area contributed by atoms with Gasteiger partial charge >= 0.3 is 0 Å². The summed E-state index contributed by atoms with van der Waals surface area (Å²) in [6, 6.07) is 14.1. The van der Waals surface area contributed by atoms with Gasteiger partial charge in [0.15, 0.2) is 5.58 Å². The average molecular weight is 335 g/mol. The molecule has 0 aliphatic rings. The van der Waals surface area contributed by atoms with Crippen LogP contribution in [0.2, 0.25) is 0 Å². The molecule has 2 aromatic carbocycles. The van der Waals surface area contributed by atoms with E-state index in [9.17, 15) is 9.59 Å². The molecular weight excluding hydrogens is 318 g/mol. The van der Waals surface area contributed by atoms with Gasteiger partial charge in [-0.25, -0.2) is 4.98 Å². The molecule has 0 bridgehead atoms. The number of hydrogen-bond acceptors (Lipinski definition) is 4. The fraction of sp³-hybridized carbons (Fsp3) is 0.105. The number of aromatic nitrogens is 1. The molecule has 1 aromatic heterocycles. The highest BCUT2D eigenvalue weighted by Crippen LogP contribution is 2.16. The molecule has 0 fully saturated rings. The molecule has 25 heavy (non-hydrogen) atoms. The summed E-state index contributed by atoms with van der Waals surface area (Å²) in [5.41, 5.74) is 2.44. The number of oxazole rings is 1. The molecule has 0 aliphatic carbocycles. The molecule has 1 N–H and O–H groups in total. The van der Waals surface area contributed by atoms with E-state index in [4.69, 9.17) is 4.42 Å². The van der Waals surface area contributed by atoms with Crippen LogP contribution in [0.5, 0.6) is 0 Å². The summed E-state index contributed by atoms with van der Waals surface area (Å²) in [7, 11) is 3.35. The largest absolute Gasteiger partial charge is 0.437 e. The number of benzene rings is 2. The van der Waals surface area contributed by atoms with E-state index in [0.29, 0.717) is 22.7 Å². The molecule has 1 heterocycles. The summed E-state index contributed by atoms with van der Waals surface area (Å²) < 4.78 is 5.52. The van der Waals surface area contributed by atoms with E-state index in [1.165, 1.54) is 17.1 Å². The number of rotatable bonds is 4. The minimum atomic E-state index is -0.336. The predicted molar refractivity (Wildman–Crippen MR) is 96.1 cm³/mol. The molecule has 0 unspecified atom stereocenters. The van der Waals surface area contributed by atoms with Crippen LogP contribution in [0, 0.1) is 0 Å². The van der Waals surface area contributed by atoms with Crippen LogP contribution >= 0.6 is 0 Å². The van der Waals surface area contributed by atoms with Crippen LogP contribution in [0.3, 0.4) is 0 Å². The van der Waals surface area contributed by atoms with Gasteiger partial charge in [0.2, 0.25) is 11.8 Å². The summed E-state index contributed by atoms with van der Waals surface area (Å²) in [5.74, 6) is -0.109. The maximum atomic E-state index is 12.1. The van der Waals surface area contributed by atoms with Gasteiger partial charge in [-0.1, -0.05) is 18.2 Å². The molecule has 6 nitrogen and oxygen atoms in total. The van der Waals surface area contributed by atoms with E-state index in [1.54, 1.807) is 38.4 Å². The SMILES string of the molecule is CN(C)C(=O)c1cccc(NC(=O)/C=C/c2nc3ccccc3o2)c1. The molecule has 2 amide bonds. The van der Waals surface area contributed by atoms with Crippen molar-refractivity contribution in [2.75, 3.05) is 19.4 Å². The molecular formula is C19H17N3O3. The van der Waals surface area contributed by atoms with Gasteiger partial charge in [0.1, 0.15) is 5.52 Å². The van der Waals surface area contributed by atoms with Gasteiger partial charge in [-0.2, -0.15) is 0 Å². The Bertz CT molecular complexity index is 924. The van der Waals surface area contributed by atoms with E-state index in [0.717, 1.165) is 5.52 Å². The molecule has 3 rings (SSSR count). The fourth-order valence-corrected chi connectivity index (χ4v) is 2.28. The molecule has 0 saturated heterocycles. The molecule has 0 saturated carbocycles. The zero-order valence-electron chi connectivity index (χ0n) is 13.9. The minimum absolute atomic E-state index is 0.127. The zero-order chi connectivity index (χ0) is 17.8. The topological polar surface area (TPSA) is 75.4 Å². The van der Waals surface area contributed by atoms with Crippen LogP contribution < -0.4 is 5.32 Å². The maximum absolute atomic E-state index is 12.1. The second kappa shape index (κ2) is 7.00. The van der Waals surface area contributed by atoms with Crippen LogP contribution in [-0.4, -0.2) is 35.8 Å². The molecule has 0 atom stereocenters. The van der Waals surface area contributed by atoms with Gasteiger partial charge < -0.3 is 14.6 Å². The van der Waals surface area contributed by atoms with Gasteiger partial charge in [0.25, 0.3) is 5.91 Å². The highest BCUT2D eigenvalue weighted by atomic mass is 16.3. The van der Waals surface area contributed by atoms with Crippen LogP contribution in [0.15, 0.2) is 59.0 Å². The lowest BCUT2D eigenvalue weighted by molar-refractivity contribution is -0.111. The molecule has 0 radical (unpaired) electrons. The molecule has 126 valence electrons.